The van der Waals surface area contributed by atoms with E-state index in [4.69, 9.17) is 17.3 Å². The maximum absolute atomic E-state index is 11.5. The summed E-state index contributed by atoms with van der Waals surface area (Å²) in [5.74, 6) is 0.998. The van der Waals surface area contributed by atoms with Gasteiger partial charge in [-0.15, -0.1) is 11.6 Å². The van der Waals surface area contributed by atoms with Crippen LogP contribution in [0.15, 0.2) is 0 Å². The fourth-order valence-electron chi connectivity index (χ4n) is 2.36. The summed E-state index contributed by atoms with van der Waals surface area (Å²) >= 11 is 6.00. The summed E-state index contributed by atoms with van der Waals surface area (Å²) < 4.78 is 0. The molecule has 0 bridgehead atoms. The van der Waals surface area contributed by atoms with Gasteiger partial charge < -0.3 is 5.73 Å². The SMILES string of the molecule is CCCCC[C@H](CCl)C[C@H](CCCCC)C(N)=O. The Hall–Kier alpha value is -0.240. The van der Waals surface area contributed by atoms with Gasteiger partial charge in [-0.05, 0) is 25.2 Å². The molecule has 0 saturated heterocycles. The Morgan fingerprint density at radius 1 is 1.06 bits per heavy atom. The molecule has 0 aliphatic heterocycles. The highest BCUT2D eigenvalue weighted by molar-refractivity contribution is 6.18. The van der Waals surface area contributed by atoms with Crippen LogP contribution in [0.25, 0.3) is 0 Å². The molecule has 0 aliphatic carbocycles. The number of hydrogen-bond donors (Lipinski definition) is 1. The molecular weight excluding hydrogens is 246 g/mol. The third-order valence-electron chi connectivity index (χ3n) is 3.61. The molecule has 1 amide bonds. The monoisotopic (exact) mass is 275 g/mol. The quantitative estimate of drug-likeness (QED) is 0.414. The highest BCUT2D eigenvalue weighted by Gasteiger charge is 2.20. The summed E-state index contributed by atoms with van der Waals surface area (Å²) in [4.78, 5) is 11.5. The van der Waals surface area contributed by atoms with Crippen molar-refractivity contribution in [2.45, 2.75) is 71.6 Å². The minimum Gasteiger partial charge on any atom is -0.369 e. The van der Waals surface area contributed by atoms with Crippen LogP contribution in [-0.2, 0) is 4.79 Å². The number of primary amides is 1. The van der Waals surface area contributed by atoms with E-state index in [0.29, 0.717) is 11.8 Å². The van der Waals surface area contributed by atoms with Crippen molar-refractivity contribution in [3.63, 3.8) is 0 Å². The van der Waals surface area contributed by atoms with Crippen molar-refractivity contribution in [3.8, 4) is 0 Å². The average molecular weight is 276 g/mol. The van der Waals surface area contributed by atoms with Gasteiger partial charge in [-0.1, -0.05) is 52.4 Å². The molecule has 0 unspecified atom stereocenters. The molecule has 0 spiro atoms. The number of alkyl halides is 1. The van der Waals surface area contributed by atoms with Crippen LogP contribution in [0, 0.1) is 11.8 Å². The Morgan fingerprint density at radius 3 is 2.06 bits per heavy atom. The minimum absolute atomic E-state index is 0.0296. The first kappa shape index (κ1) is 17.8. The van der Waals surface area contributed by atoms with Gasteiger partial charge in [0.25, 0.3) is 0 Å². The van der Waals surface area contributed by atoms with Gasteiger partial charge >= 0.3 is 0 Å². The van der Waals surface area contributed by atoms with Crippen molar-refractivity contribution in [1.82, 2.24) is 0 Å². The van der Waals surface area contributed by atoms with Crippen LogP contribution in [0.2, 0.25) is 0 Å². The number of halogens is 1. The van der Waals surface area contributed by atoms with Gasteiger partial charge in [0.1, 0.15) is 0 Å². The molecule has 0 heterocycles. The van der Waals surface area contributed by atoms with Crippen LogP contribution in [-0.4, -0.2) is 11.8 Å². The lowest BCUT2D eigenvalue weighted by atomic mass is 9.88. The smallest absolute Gasteiger partial charge is 0.220 e. The summed E-state index contributed by atoms with van der Waals surface area (Å²) in [6.45, 7) is 4.37. The standard InChI is InChI=1S/C15H30ClNO/c1-3-5-7-9-13(12-16)11-14(15(17)18)10-8-6-4-2/h13-14H,3-12H2,1-2H3,(H2,17,18)/t13-,14-/m0/s1. The number of amides is 1. The minimum atomic E-state index is -0.142. The zero-order valence-electron chi connectivity index (χ0n) is 12.1. The van der Waals surface area contributed by atoms with E-state index >= 15 is 0 Å². The van der Waals surface area contributed by atoms with Gasteiger partial charge in [0.2, 0.25) is 5.91 Å². The molecule has 0 aromatic rings. The Balaban J connectivity index is 4.04. The Morgan fingerprint density at radius 2 is 1.61 bits per heavy atom. The first-order chi connectivity index (χ1) is 8.65. The highest BCUT2D eigenvalue weighted by Crippen LogP contribution is 2.24. The van der Waals surface area contributed by atoms with Gasteiger partial charge in [0.15, 0.2) is 0 Å². The zero-order chi connectivity index (χ0) is 13.8. The summed E-state index contributed by atoms with van der Waals surface area (Å²) in [6.07, 6.45) is 10.1. The summed E-state index contributed by atoms with van der Waals surface area (Å²) in [5.41, 5.74) is 5.49. The van der Waals surface area contributed by atoms with E-state index in [1.165, 1.54) is 32.1 Å². The molecule has 0 aromatic heterocycles. The van der Waals surface area contributed by atoms with Crippen LogP contribution in [0.3, 0.4) is 0 Å². The first-order valence-electron chi connectivity index (χ1n) is 7.50. The molecule has 0 aromatic carbocycles. The average Bonchev–Trinajstić information content (AvgIpc) is 2.35. The topological polar surface area (TPSA) is 43.1 Å². The molecule has 3 heteroatoms. The fourth-order valence-corrected chi connectivity index (χ4v) is 2.64. The zero-order valence-corrected chi connectivity index (χ0v) is 12.8. The molecule has 0 rings (SSSR count). The predicted octanol–water partition coefficient (Wildman–Crippen LogP) is 4.49. The van der Waals surface area contributed by atoms with E-state index in [9.17, 15) is 4.79 Å². The fraction of sp³-hybridized carbons (Fsp3) is 0.933. The second kappa shape index (κ2) is 11.8. The van der Waals surface area contributed by atoms with E-state index in [1.54, 1.807) is 0 Å². The lowest BCUT2D eigenvalue weighted by molar-refractivity contribution is -0.122. The lowest BCUT2D eigenvalue weighted by Crippen LogP contribution is -2.26. The maximum Gasteiger partial charge on any atom is 0.220 e. The van der Waals surface area contributed by atoms with Crippen LogP contribution >= 0.6 is 11.6 Å². The number of rotatable bonds is 12. The van der Waals surface area contributed by atoms with E-state index in [0.717, 1.165) is 25.7 Å². The highest BCUT2D eigenvalue weighted by atomic mass is 35.5. The van der Waals surface area contributed by atoms with Crippen molar-refractivity contribution in [1.29, 1.82) is 0 Å². The van der Waals surface area contributed by atoms with Crippen LogP contribution in [0.1, 0.15) is 71.6 Å². The number of hydrogen-bond acceptors (Lipinski definition) is 1. The van der Waals surface area contributed by atoms with Crippen LogP contribution in [0.5, 0.6) is 0 Å². The molecule has 2 N–H and O–H groups in total. The normalized spacial score (nSPS) is 14.4. The van der Waals surface area contributed by atoms with Crippen LogP contribution in [0.4, 0.5) is 0 Å². The third kappa shape index (κ3) is 8.79. The summed E-state index contributed by atoms with van der Waals surface area (Å²) in [6, 6.07) is 0. The van der Waals surface area contributed by atoms with Gasteiger partial charge in [-0.2, -0.15) is 0 Å². The van der Waals surface area contributed by atoms with Gasteiger partial charge in [-0.25, -0.2) is 0 Å². The van der Waals surface area contributed by atoms with E-state index < -0.39 is 0 Å². The summed E-state index contributed by atoms with van der Waals surface area (Å²) in [5, 5.41) is 0. The number of nitrogens with two attached hydrogens (primary N) is 1. The number of unbranched alkanes of at least 4 members (excludes halogenated alkanes) is 4. The third-order valence-corrected chi connectivity index (χ3v) is 4.05. The Kier molecular flexibility index (Phi) is 11.7. The van der Waals surface area contributed by atoms with Gasteiger partial charge in [0, 0.05) is 11.8 Å². The Bertz CT molecular complexity index is 209. The van der Waals surface area contributed by atoms with Gasteiger partial charge in [-0.3, -0.25) is 4.79 Å². The summed E-state index contributed by atoms with van der Waals surface area (Å²) in [7, 11) is 0. The molecule has 2 nitrogen and oxygen atoms in total. The molecular formula is C15H30ClNO. The van der Waals surface area contributed by atoms with Crippen molar-refractivity contribution in [2.75, 3.05) is 5.88 Å². The molecule has 0 fully saturated rings. The van der Waals surface area contributed by atoms with E-state index in [1.807, 2.05) is 0 Å². The molecule has 2 atom stereocenters. The predicted molar refractivity (Wildman–Crippen MR) is 79.8 cm³/mol. The molecule has 0 aliphatic rings. The van der Waals surface area contributed by atoms with Crippen molar-refractivity contribution >= 4 is 17.5 Å². The van der Waals surface area contributed by atoms with E-state index in [-0.39, 0.29) is 11.8 Å². The van der Waals surface area contributed by atoms with Crippen molar-refractivity contribution < 1.29 is 4.79 Å². The van der Waals surface area contributed by atoms with Gasteiger partial charge in [0.05, 0.1) is 0 Å². The second-order valence-corrected chi connectivity index (χ2v) is 5.66. The number of carbonyl (C=O) groups is 1. The number of carbonyl (C=O) groups excluding carboxylic acids is 1. The molecule has 0 saturated carbocycles. The molecule has 108 valence electrons. The Labute approximate surface area is 118 Å². The van der Waals surface area contributed by atoms with E-state index in [2.05, 4.69) is 13.8 Å². The molecule has 0 radical (unpaired) electrons. The first-order valence-corrected chi connectivity index (χ1v) is 8.04. The van der Waals surface area contributed by atoms with Crippen LogP contribution < -0.4 is 5.73 Å². The van der Waals surface area contributed by atoms with Crippen molar-refractivity contribution in [2.24, 2.45) is 17.6 Å². The lowest BCUT2D eigenvalue weighted by Gasteiger charge is -2.19. The maximum atomic E-state index is 11.5. The van der Waals surface area contributed by atoms with Crippen molar-refractivity contribution in [3.05, 3.63) is 0 Å². The largest absolute Gasteiger partial charge is 0.369 e. The molecule has 18 heavy (non-hydrogen) atoms. The second-order valence-electron chi connectivity index (χ2n) is 5.35.